The molecular formula is C26H29N5O2. The first-order valence-corrected chi connectivity index (χ1v) is 11.2. The third kappa shape index (κ3) is 5.19. The smallest absolute Gasteiger partial charge is 0.227 e. The van der Waals surface area contributed by atoms with Crippen LogP contribution in [0.15, 0.2) is 59.1 Å². The minimum absolute atomic E-state index is 0.0673. The fraction of sp³-hybridized carbons (Fsp3) is 0.308. The van der Waals surface area contributed by atoms with Gasteiger partial charge in [0.2, 0.25) is 17.6 Å². The lowest BCUT2D eigenvalue weighted by molar-refractivity contribution is -0.121. The van der Waals surface area contributed by atoms with E-state index in [0.717, 1.165) is 28.2 Å². The standard InChI is InChI=1S/C26H29N5O2/c1-17(2)20-10-12-21(13-11-20)26-28-25(33-30-26)15-14-24(32)27-16-23-18(3)29-31(19(23)4)22-8-6-5-7-9-22/h5-13,17H,14-16H2,1-4H3,(H,27,32). The number of para-hydroxylation sites is 1. The highest BCUT2D eigenvalue weighted by Gasteiger charge is 2.15. The van der Waals surface area contributed by atoms with Crippen molar-refractivity contribution in [3.63, 3.8) is 0 Å². The fourth-order valence-corrected chi connectivity index (χ4v) is 3.74. The molecule has 0 bridgehead atoms. The number of aromatic nitrogens is 4. The summed E-state index contributed by atoms with van der Waals surface area (Å²) in [5.41, 5.74) is 6.11. The zero-order chi connectivity index (χ0) is 23.4. The van der Waals surface area contributed by atoms with E-state index in [4.69, 9.17) is 4.52 Å². The lowest BCUT2D eigenvalue weighted by Crippen LogP contribution is -2.23. The maximum absolute atomic E-state index is 12.4. The molecule has 2 heterocycles. The van der Waals surface area contributed by atoms with E-state index in [0.29, 0.717) is 30.6 Å². The van der Waals surface area contributed by atoms with Gasteiger partial charge >= 0.3 is 0 Å². The van der Waals surface area contributed by atoms with E-state index in [1.54, 1.807) is 0 Å². The van der Waals surface area contributed by atoms with E-state index >= 15 is 0 Å². The number of benzene rings is 2. The van der Waals surface area contributed by atoms with Crippen LogP contribution in [0.4, 0.5) is 0 Å². The maximum Gasteiger partial charge on any atom is 0.227 e. The third-order valence-corrected chi connectivity index (χ3v) is 5.77. The Kier molecular flexibility index (Phi) is 6.68. The molecule has 0 aliphatic carbocycles. The van der Waals surface area contributed by atoms with Crippen molar-refractivity contribution in [1.29, 1.82) is 0 Å². The molecule has 0 radical (unpaired) electrons. The van der Waals surface area contributed by atoms with Gasteiger partial charge in [-0.05, 0) is 37.5 Å². The van der Waals surface area contributed by atoms with Crippen molar-refractivity contribution >= 4 is 5.91 Å². The van der Waals surface area contributed by atoms with Crippen molar-refractivity contribution < 1.29 is 9.32 Å². The summed E-state index contributed by atoms with van der Waals surface area (Å²) >= 11 is 0. The zero-order valence-corrected chi connectivity index (χ0v) is 19.5. The molecule has 1 N–H and O–H groups in total. The van der Waals surface area contributed by atoms with E-state index in [1.165, 1.54) is 5.56 Å². The van der Waals surface area contributed by atoms with Gasteiger partial charge in [-0.2, -0.15) is 10.1 Å². The molecule has 0 aliphatic heterocycles. The van der Waals surface area contributed by atoms with E-state index < -0.39 is 0 Å². The van der Waals surface area contributed by atoms with Gasteiger partial charge in [-0.15, -0.1) is 0 Å². The number of hydrogen-bond donors (Lipinski definition) is 1. The Hall–Kier alpha value is -3.74. The molecule has 170 valence electrons. The molecule has 4 rings (SSSR count). The highest BCUT2D eigenvalue weighted by molar-refractivity contribution is 5.76. The zero-order valence-electron chi connectivity index (χ0n) is 19.5. The predicted octanol–water partition coefficient (Wildman–Crippen LogP) is 4.91. The molecule has 0 aliphatic rings. The average Bonchev–Trinajstić information content (AvgIpc) is 3.41. The number of amides is 1. The first-order chi connectivity index (χ1) is 15.9. The summed E-state index contributed by atoms with van der Waals surface area (Å²) in [6.45, 7) is 8.72. The summed E-state index contributed by atoms with van der Waals surface area (Å²) in [5.74, 6) is 1.40. The second kappa shape index (κ2) is 9.81. The van der Waals surface area contributed by atoms with Gasteiger partial charge in [-0.3, -0.25) is 4.79 Å². The van der Waals surface area contributed by atoms with E-state index in [2.05, 4.69) is 46.5 Å². The fourth-order valence-electron chi connectivity index (χ4n) is 3.74. The van der Waals surface area contributed by atoms with Crippen LogP contribution in [0.1, 0.15) is 54.6 Å². The van der Waals surface area contributed by atoms with Crippen LogP contribution in [-0.4, -0.2) is 25.8 Å². The Morgan fingerprint density at radius 2 is 1.79 bits per heavy atom. The van der Waals surface area contributed by atoms with Crippen molar-refractivity contribution in [3.8, 4) is 17.1 Å². The molecular weight excluding hydrogens is 414 g/mol. The minimum atomic E-state index is -0.0673. The summed E-state index contributed by atoms with van der Waals surface area (Å²) in [6, 6.07) is 18.1. The molecule has 1 amide bonds. The van der Waals surface area contributed by atoms with Crippen LogP contribution in [0.3, 0.4) is 0 Å². The lowest BCUT2D eigenvalue weighted by atomic mass is 10.0. The first kappa shape index (κ1) is 22.5. The Labute approximate surface area is 193 Å². The largest absolute Gasteiger partial charge is 0.352 e. The second-order valence-electron chi connectivity index (χ2n) is 8.46. The number of carbonyl (C=O) groups is 1. The van der Waals surface area contributed by atoms with Crippen LogP contribution in [0.5, 0.6) is 0 Å². The maximum atomic E-state index is 12.4. The molecule has 0 atom stereocenters. The van der Waals surface area contributed by atoms with Gasteiger partial charge in [0.1, 0.15) is 0 Å². The SMILES string of the molecule is Cc1nn(-c2ccccc2)c(C)c1CNC(=O)CCc1nc(-c2ccc(C(C)C)cc2)no1. The molecule has 7 nitrogen and oxygen atoms in total. The number of nitrogens with one attached hydrogen (secondary N) is 1. The Morgan fingerprint density at radius 1 is 1.06 bits per heavy atom. The highest BCUT2D eigenvalue weighted by Crippen LogP contribution is 2.21. The van der Waals surface area contributed by atoms with Crippen molar-refractivity contribution in [2.24, 2.45) is 0 Å². The Balaban J connectivity index is 1.32. The molecule has 33 heavy (non-hydrogen) atoms. The Bertz CT molecular complexity index is 1220. The van der Waals surface area contributed by atoms with Crippen LogP contribution >= 0.6 is 0 Å². The van der Waals surface area contributed by atoms with Gasteiger partial charge in [-0.25, -0.2) is 4.68 Å². The van der Waals surface area contributed by atoms with Gasteiger partial charge in [0.25, 0.3) is 0 Å². The number of carbonyl (C=O) groups excluding carboxylic acids is 1. The number of hydrogen-bond acceptors (Lipinski definition) is 5. The number of aryl methyl sites for hydroxylation is 2. The second-order valence-corrected chi connectivity index (χ2v) is 8.46. The molecule has 0 unspecified atom stereocenters. The van der Waals surface area contributed by atoms with E-state index in [1.807, 2.05) is 61.0 Å². The van der Waals surface area contributed by atoms with Crippen molar-refractivity contribution in [2.45, 2.75) is 53.0 Å². The van der Waals surface area contributed by atoms with Crippen LogP contribution in [0.25, 0.3) is 17.1 Å². The van der Waals surface area contributed by atoms with Gasteiger partial charge < -0.3 is 9.84 Å². The Morgan fingerprint density at radius 3 is 2.48 bits per heavy atom. The summed E-state index contributed by atoms with van der Waals surface area (Å²) in [5, 5.41) is 11.7. The topological polar surface area (TPSA) is 85.8 Å². The highest BCUT2D eigenvalue weighted by atomic mass is 16.5. The lowest BCUT2D eigenvalue weighted by Gasteiger charge is -2.07. The molecule has 2 aromatic carbocycles. The summed E-state index contributed by atoms with van der Waals surface area (Å²) in [4.78, 5) is 16.9. The van der Waals surface area contributed by atoms with Crippen LogP contribution < -0.4 is 5.32 Å². The summed E-state index contributed by atoms with van der Waals surface area (Å²) < 4.78 is 7.25. The molecule has 7 heteroatoms. The van der Waals surface area contributed by atoms with Gasteiger partial charge in [0.15, 0.2) is 0 Å². The molecule has 0 saturated carbocycles. The van der Waals surface area contributed by atoms with Crippen LogP contribution in [-0.2, 0) is 17.8 Å². The van der Waals surface area contributed by atoms with Crippen molar-refractivity contribution in [1.82, 2.24) is 25.2 Å². The van der Waals surface area contributed by atoms with E-state index in [9.17, 15) is 4.79 Å². The van der Waals surface area contributed by atoms with Gasteiger partial charge in [0.05, 0.1) is 11.4 Å². The predicted molar refractivity (Wildman–Crippen MR) is 127 cm³/mol. The van der Waals surface area contributed by atoms with E-state index in [-0.39, 0.29) is 12.3 Å². The number of nitrogens with zero attached hydrogens (tertiary/aromatic N) is 4. The molecule has 4 aromatic rings. The molecule has 0 spiro atoms. The quantitative estimate of drug-likeness (QED) is 0.418. The van der Waals surface area contributed by atoms with Crippen LogP contribution in [0, 0.1) is 13.8 Å². The van der Waals surface area contributed by atoms with Gasteiger partial charge in [0, 0.05) is 36.2 Å². The summed E-state index contributed by atoms with van der Waals surface area (Å²) in [6.07, 6.45) is 0.670. The average molecular weight is 444 g/mol. The van der Waals surface area contributed by atoms with Gasteiger partial charge in [-0.1, -0.05) is 61.5 Å². The third-order valence-electron chi connectivity index (χ3n) is 5.77. The first-order valence-electron chi connectivity index (χ1n) is 11.2. The minimum Gasteiger partial charge on any atom is -0.352 e. The monoisotopic (exact) mass is 443 g/mol. The van der Waals surface area contributed by atoms with Crippen LogP contribution in [0.2, 0.25) is 0 Å². The molecule has 2 aromatic heterocycles. The normalized spacial score (nSPS) is 11.2. The van der Waals surface area contributed by atoms with Crippen molar-refractivity contribution in [2.75, 3.05) is 0 Å². The molecule has 0 saturated heterocycles. The van der Waals surface area contributed by atoms with Crippen molar-refractivity contribution in [3.05, 3.63) is 83.0 Å². The number of rotatable bonds is 8. The summed E-state index contributed by atoms with van der Waals surface area (Å²) in [7, 11) is 0. The molecule has 0 fully saturated rings.